The van der Waals surface area contributed by atoms with Crippen LogP contribution in [0.2, 0.25) is 10.0 Å². The van der Waals surface area contributed by atoms with Crippen molar-refractivity contribution in [1.29, 1.82) is 0 Å². The minimum atomic E-state index is -1.31. The van der Waals surface area contributed by atoms with Gasteiger partial charge >= 0.3 is 0 Å². The van der Waals surface area contributed by atoms with Crippen LogP contribution >= 0.6 is 23.2 Å². The molecule has 0 fully saturated rings. The van der Waals surface area contributed by atoms with Crippen LogP contribution < -0.4 is 0 Å². The number of aromatic nitrogens is 1. The summed E-state index contributed by atoms with van der Waals surface area (Å²) in [6.07, 6.45) is 0.362. The average Bonchev–Trinajstić information content (AvgIpc) is 2.51. The van der Waals surface area contributed by atoms with E-state index in [0.717, 1.165) is 5.69 Å². The van der Waals surface area contributed by atoms with Gasteiger partial charge in [0.1, 0.15) is 0 Å². The van der Waals surface area contributed by atoms with E-state index in [0.29, 0.717) is 28.7 Å². The molecule has 0 aliphatic heterocycles. The summed E-state index contributed by atoms with van der Waals surface area (Å²) in [5.74, 6) is -0.411. The standard InChI is InChI=1S/C16H16Cl2N2O2/c1-2-20(10-14-5-3-4-6-19-14)16(22)15(21)11-7-12(17)9-13(18)8-11/h3-9,15,21H,2,10H2,1H3/t15-/m1/s1. The molecule has 0 radical (unpaired) electrons. The Labute approximate surface area is 139 Å². The molecule has 22 heavy (non-hydrogen) atoms. The van der Waals surface area contributed by atoms with E-state index in [2.05, 4.69) is 4.98 Å². The number of amides is 1. The van der Waals surface area contributed by atoms with Crippen LogP contribution in [0.25, 0.3) is 0 Å². The van der Waals surface area contributed by atoms with Gasteiger partial charge in [-0.3, -0.25) is 9.78 Å². The molecule has 1 atom stereocenters. The lowest BCUT2D eigenvalue weighted by atomic mass is 10.1. The molecule has 4 nitrogen and oxygen atoms in total. The number of hydrogen-bond donors (Lipinski definition) is 1. The minimum absolute atomic E-state index is 0.335. The van der Waals surface area contributed by atoms with Crippen molar-refractivity contribution in [1.82, 2.24) is 9.88 Å². The van der Waals surface area contributed by atoms with Gasteiger partial charge in [0.25, 0.3) is 5.91 Å². The first kappa shape index (κ1) is 16.7. The molecule has 0 aliphatic carbocycles. The molecule has 1 N–H and O–H groups in total. The molecule has 6 heteroatoms. The SMILES string of the molecule is CCN(Cc1ccccn1)C(=O)[C@H](O)c1cc(Cl)cc(Cl)c1. The summed E-state index contributed by atoms with van der Waals surface area (Å²) < 4.78 is 0. The predicted molar refractivity (Wildman–Crippen MR) is 86.7 cm³/mol. The van der Waals surface area contributed by atoms with Crippen molar-refractivity contribution in [3.63, 3.8) is 0 Å². The summed E-state index contributed by atoms with van der Waals surface area (Å²) in [7, 11) is 0. The maximum Gasteiger partial charge on any atom is 0.256 e. The molecule has 1 aromatic carbocycles. The summed E-state index contributed by atoms with van der Waals surface area (Å²) in [6, 6.07) is 10.1. The Hall–Kier alpha value is -1.62. The van der Waals surface area contributed by atoms with Gasteiger partial charge in [0.15, 0.2) is 6.10 Å². The number of benzene rings is 1. The van der Waals surface area contributed by atoms with Gasteiger partial charge in [-0.2, -0.15) is 0 Å². The number of carbonyl (C=O) groups is 1. The van der Waals surface area contributed by atoms with Crippen LogP contribution in [-0.4, -0.2) is 27.4 Å². The molecule has 0 aliphatic rings. The lowest BCUT2D eigenvalue weighted by molar-refractivity contribution is -0.141. The van der Waals surface area contributed by atoms with Gasteiger partial charge in [0.05, 0.1) is 12.2 Å². The van der Waals surface area contributed by atoms with Crippen molar-refractivity contribution < 1.29 is 9.90 Å². The monoisotopic (exact) mass is 338 g/mol. The molecule has 0 saturated heterocycles. The maximum absolute atomic E-state index is 12.5. The van der Waals surface area contributed by atoms with Gasteiger partial charge in [-0.25, -0.2) is 0 Å². The Morgan fingerprint density at radius 2 is 1.95 bits per heavy atom. The van der Waals surface area contributed by atoms with Gasteiger partial charge in [-0.15, -0.1) is 0 Å². The van der Waals surface area contributed by atoms with Gasteiger partial charge in [0, 0.05) is 22.8 Å². The van der Waals surface area contributed by atoms with Gasteiger partial charge in [-0.05, 0) is 42.8 Å². The van der Waals surface area contributed by atoms with E-state index < -0.39 is 12.0 Å². The molecule has 1 amide bonds. The predicted octanol–water partition coefficient (Wildman–Crippen LogP) is 3.47. The molecule has 0 saturated carbocycles. The Morgan fingerprint density at radius 3 is 2.50 bits per heavy atom. The number of aliphatic hydroxyl groups excluding tert-OH is 1. The minimum Gasteiger partial charge on any atom is -0.378 e. The summed E-state index contributed by atoms with van der Waals surface area (Å²) >= 11 is 11.8. The van der Waals surface area contributed by atoms with Crippen LogP contribution in [0.4, 0.5) is 0 Å². The summed E-state index contributed by atoms with van der Waals surface area (Å²) in [6.45, 7) is 2.64. The van der Waals surface area contributed by atoms with Gasteiger partial charge in [0.2, 0.25) is 0 Å². The lowest BCUT2D eigenvalue weighted by Gasteiger charge is -2.23. The van der Waals surface area contributed by atoms with E-state index in [1.165, 1.54) is 17.0 Å². The summed E-state index contributed by atoms with van der Waals surface area (Å²) in [5.41, 5.74) is 1.14. The normalized spacial score (nSPS) is 12.0. The fraction of sp³-hybridized carbons (Fsp3) is 0.250. The molecule has 0 unspecified atom stereocenters. The van der Waals surface area contributed by atoms with Crippen molar-refractivity contribution in [3.8, 4) is 0 Å². The van der Waals surface area contributed by atoms with E-state index in [-0.39, 0.29) is 0 Å². The molecule has 2 aromatic rings. The molecule has 0 bridgehead atoms. The lowest BCUT2D eigenvalue weighted by Crippen LogP contribution is -2.34. The van der Waals surface area contributed by atoms with E-state index in [1.54, 1.807) is 12.3 Å². The molecule has 2 rings (SSSR count). The zero-order chi connectivity index (χ0) is 16.1. The number of hydrogen-bond acceptors (Lipinski definition) is 3. The number of aliphatic hydroxyl groups is 1. The van der Waals surface area contributed by atoms with E-state index >= 15 is 0 Å². The number of likely N-dealkylation sites (N-methyl/N-ethyl adjacent to an activating group) is 1. The fourth-order valence-electron chi connectivity index (χ4n) is 2.08. The van der Waals surface area contributed by atoms with Crippen LogP contribution in [0.5, 0.6) is 0 Å². The molecular formula is C16H16Cl2N2O2. The first-order valence-electron chi connectivity index (χ1n) is 6.84. The third-order valence-corrected chi connectivity index (χ3v) is 3.64. The van der Waals surface area contributed by atoms with Crippen LogP contribution in [-0.2, 0) is 11.3 Å². The Bertz CT molecular complexity index is 630. The number of carbonyl (C=O) groups excluding carboxylic acids is 1. The first-order valence-corrected chi connectivity index (χ1v) is 7.59. The zero-order valence-electron chi connectivity index (χ0n) is 12.0. The quantitative estimate of drug-likeness (QED) is 0.908. The zero-order valence-corrected chi connectivity index (χ0v) is 13.6. The van der Waals surface area contributed by atoms with Gasteiger partial charge < -0.3 is 10.0 Å². The van der Waals surface area contributed by atoms with Crippen LogP contribution in [0.1, 0.15) is 24.3 Å². The number of rotatable bonds is 5. The van der Waals surface area contributed by atoms with Gasteiger partial charge in [-0.1, -0.05) is 29.3 Å². The summed E-state index contributed by atoms with van der Waals surface area (Å²) in [4.78, 5) is 18.2. The topological polar surface area (TPSA) is 53.4 Å². The molecule has 0 spiro atoms. The molecule has 1 aromatic heterocycles. The average molecular weight is 339 g/mol. The van der Waals surface area contributed by atoms with E-state index in [4.69, 9.17) is 23.2 Å². The van der Waals surface area contributed by atoms with Crippen molar-refractivity contribution in [2.75, 3.05) is 6.54 Å². The Morgan fingerprint density at radius 1 is 1.27 bits per heavy atom. The Balaban J connectivity index is 2.16. The van der Waals surface area contributed by atoms with Crippen LogP contribution in [0.15, 0.2) is 42.6 Å². The van der Waals surface area contributed by atoms with Crippen molar-refractivity contribution in [2.24, 2.45) is 0 Å². The third kappa shape index (κ3) is 4.19. The first-order chi connectivity index (χ1) is 10.5. The number of nitrogens with zero attached hydrogens (tertiary/aromatic N) is 2. The Kier molecular flexibility index (Phi) is 5.77. The highest BCUT2D eigenvalue weighted by Gasteiger charge is 2.23. The molecule has 1 heterocycles. The van der Waals surface area contributed by atoms with E-state index in [9.17, 15) is 9.90 Å². The number of pyridine rings is 1. The van der Waals surface area contributed by atoms with Crippen molar-refractivity contribution in [3.05, 3.63) is 63.9 Å². The van der Waals surface area contributed by atoms with Crippen LogP contribution in [0.3, 0.4) is 0 Å². The van der Waals surface area contributed by atoms with Crippen LogP contribution in [0, 0.1) is 0 Å². The number of halogens is 2. The maximum atomic E-state index is 12.5. The third-order valence-electron chi connectivity index (χ3n) is 3.21. The second-order valence-electron chi connectivity index (χ2n) is 4.78. The molecular weight excluding hydrogens is 323 g/mol. The highest BCUT2D eigenvalue weighted by Crippen LogP contribution is 2.25. The van der Waals surface area contributed by atoms with Crippen molar-refractivity contribution in [2.45, 2.75) is 19.6 Å². The van der Waals surface area contributed by atoms with Crippen molar-refractivity contribution >= 4 is 29.1 Å². The van der Waals surface area contributed by atoms with E-state index in [1.807, 2.05) is 25.1 Å². The highest BCUT2D eigenvalue weighted by atomic mass is 35.5. The fourth-order valence-corrected chi connectivity index (χ4v) is 2.62. The smallest absolute Gasteiger partial charge is 0.256 e. The largest absolute Gasteiger partial charge is 0.378 e. The second-order valence-corrected chi connectivity index (χ2v) is 5.65. The second kappa shape index (κ2) is 7.58. The summed E-state index contributed by atoms with van der Waals surface area (Å²) in [5, 5.41) is 11.0. The molecule has 116 valence electrons. The highest BCUT2D eigenvalue weighted by molar-refractivity contribution is 6.34.